The summed E-state index contributed by atoms with van der Waals surface area (Å²) >= 11 is 0. The highest BCUT2D eigenvalue weighted by molar-refractivity contribution is 5.96. The van der Waals surface area contributed by atoms with Gasteiger partial charge < -0.3 is 9.84 Å². The van der Waals surface area contributed by atoms with Gasteiger partial charge in [0.2, 0.25) is 0 Å². The van der Waals surface area contributed by atoms with Gasteiger partial charge in [0.25, 0.3) is 0 Å². The number of rotatable bonds is 3. The highest BCUT2D eigenvalue weighted by atomic mass is 16.5. The van der Waals surface area contributed by atoms with Crippen molar-refractivity contribution in [2.45, 2.75) is 0 Å². The van der Waals surface area contributed by atoms with Gasteiger partial charge in [-0.1, -0.05) is 0 Å². The molecule has 0 aliphatic rings. The third-order valence-corrected chi connectivity index (χ3v) is 2.43. The molecular weight excluding hydrogens is 218 g/mol. The fraction of sp³-hybridized carbons (Fsp3) is 0.0769. The molecule has 0 spiro atoms. The van der Waals surface area contributed by atoms with Gasteiger partial charge in [-0.15, -0.1) is 0 Å². The Morgan fingerprint density at radius 1 is 1.41 bits per heavy atom. The molecule has 0 amide bonds. The molecule has 0 saturated heterocycles. The molecule has 1 aromatic carbocycles. The van der Waals surface area contributed by atoms with Crippen LogP contribution in [0.25, 0.3) is 16.8 Å². The molecule has 1 heterocycles. The lowest BCUT2D eigenvalue weighted by atomic mass is 10.0. The van der Waals surface area contributed by atoms with Crippen LogP contribution in [0.4, 0.5) is 0 Å². The number of carbonyl (C=O) groups is 1. The van der Waals surface area contributed by atoms with Gasteiger partial charge in [-0.2, -0.15) is 0 Å². The molecule has 1 N–H and O–H groups in total. The predicted octanol–water partition coefficient (Wildman–Crippen LogP) is 2.34. The zero-order chi connectivity index (χ0) is 12.3. The van der Waals surface area contributed by atoms with E-state index in [1.165, 1.54) is 6.08 Å². The maximum absolute atomic E-state index is 10.6. The van der Waals surface area contributed by atoms with Crippen molar-refractivity contribution in [1.82, 2.24) is 4.98 Å². The standard InChI is InChI=1S/C13H11NO3/c1-17-12-4-2-9-8-14-7-6-10(9)11(12)3-5-13(15)16/h2-8H,1H3,(H,15,16)/b5-3+. The van der Waals surface area contributed by atoms with E-state index in [1.54, 1.807) is 25.6 Å². The first-order valence-electron chi connectivity index (χ1n) is 5.04. The number of hydrogen-bond acceptors (Lipinski definition) is 3. The van der Waals surface area contributed by atoms with E-state index in [4.69, 9.17) is 9.84 Å². The van der Waals surface area contributed by atoms with E-state index in [2.05, 4.69) is 4.98 Å². The number of aromatic nitrogens is 1. The van der Waals surface area contributed by atoms with Crippen LogP contribution in [-0.2, 0) is 4.79 Å². The molecule has 17 heavy (non-hydrogen) atoms. The van der Waals surface area contributed by atoms with Crippen molar-refractivity contribution in [3.05, 3.63) is 42.2 Å². The van der Waals surface area contributed by atoms with Gasteiger partial charge in [-0.3, -0.25) is 4.98 Å². The molecule has 0 aliphatic carbocycles. The van der Waals surface area contributed by atoms with E-state index in [9.17, 15) is 4.79 Å². The minimum Gasteiger partial charge on any atom is -0.496 e. The molecule has 0 radical (unpaired) electrons. The fourth-order valence-corrected chi connectivity index (χ4v) is 1.68. The summed E-state index contributed by atoms with van der Waals surface area (Å²) in [5.41, 5.74) is 0.745. The number of carboxylic acid groups (broad SMARTS) is 1. The summed E-state index contributed by atoms with van der Waals surface area (Å²) in [5.74, 6) is -0.348. The molecule has 0 aliphatic heterocycles. The molecule has 0 fully saturated rings. The number of carboxylic acids is 1. The van der Waals surface area contributed by atoms with Gasteiger partial charge in [0.05, 0.1) is 7.11 Å². The summed E-state index contributed by atoms with van der Waals surface area (Å²) in [4.78, 5) is 14.6. The third kappa shape index (κ3) is 2.25. The van der Waals surface area contributed by atoms with Gasteiger partial charge in [0.1, 0.15) is 5.75 Å². The quantitative estimate of drug-likeness (QED) is 0.820. The minimum absolute atomic E-state index is 0.640. The Kier molecular flexibility index (Phi) is 3.05. The Labute approximate surface area is 98.2 Å². The molecule has 2 aromatic rings. The molecule has 86 valence electrons. The number of fused-ring (bicyclic) bond motifs is 1. The summed E-state index contributed by atoms with van der Waals surface area (Å²) in [6.07, 6.45) is 6.02. The summed E-state index contributed by atoms with van der Waals surface area (Å²) in [6.45, 7) is 0. The van der Waals surface area contributed by atoms with Crippen LogP contribution in [0, 0.1) is 0 Å². The lowest BCUT2D eigenvalue weighted by Gasteiger charge is -2.08. The van der Waals surface area contributed by atoms with E-state index in [0.29, 0.717) is 5.75 Å². The molecule has 0 saturated carbocycles. The first-order chi connectivity index (χ1) is 8.22. The van der Waals surface area contributed by atoms with E-state index in [1.807, 2.05) is 12.1 Å². The van der Waals surface area contributed by atoms with Crippen molar-refractivity contribution in [1.29, 1.82) is 0 Å². The monoisotopic (exact) mass is 229 g/mol. The van der Waals surface area contributed by atoms with Crippen LogP contribution >= 0.6 is 0 Å². The Hall–Kier alpha value is -2.36. The average Bonchev–Trinajstić information content (AvgIpc) is 2.35. The summed E-state index contributed by atoms with van der Waals surface area (Å²) < 4.78 is 5.22. The molecule has 4 nitrogen and oxygen atoms in total. The zero-order valence-electron chi connectivity index (χ0n) is 9.25. The number of ether oxygens (including phenoxy) is 1. The van der Waals surface area contributed by atoms with Gasteiger partial charge in [-0.05, 0) is 29.7 Å². The van der Waals surface area contributed by atoms with Crippen LogP contribution in [0.1, 0.15) is 5.56 Å². The van der Waals surface area contributed by atoms with E-state index in [-0.39, 0.29) is 0 Å². The van der Waals surface area contributed by atoms with Crippen LogP contribution in [0.15, 0.2) is 36.7 Å². The topological polar surface area (TPSA) is 59.4 Å². The van der Waals surface area contributed by atoms with E-state index < -0.39 is 5.97 Å². The van der Waals surface area contributed by atoms with E-state index in [0.717, 1.165) is 22.4 Å². The number of pyridine rings is 1. The molecule has 2 rings (SSSR count). The van der Waals surface area contributed by atoms with Gasteiger partial charge in [0.15, 0.2) is 0 Å². The fourth-order valence-electron chi connectivity index (χ4n) is 1.68. The van der Waals surface area contributed by atoms with Crippen molar-refractivity contribution in [2.75, 3.05) is 7.11 Å². The molecule has 1 aromatic heterocycles. The average molecular weight is 229 g/mol. The molecule has 0 atom stereocenters. The van der Waals surface area contributed by atoms with Crippen LogP contribution < -0.4 is 4.74 Å². The number of hydrogen-bond donors (Lipinski definition) is 1. The van der Waals surface area contributed by atoms with Crippen molar-refractivity contribution < 1.29 is 14.6 Å². The maximum atomic E-state index is 10.6. The van der Waals surface area contributed by atoms with Crippen molar-refractivity contribution >= 4 is 22.8 Å². The lowest BCUT2D eigenvalue weighted by molar-refractivity contribution is -0.131. The van der Waals surface area contributed by atoms with Gasteiger partial charge in [-0.25, -0.2) is 4.79 Å². The molecule has 0 unspecified atom stereocenters. The van der Waals surface area contributed by atoms with Gasteiger partial charge >= 0.3 is 5.97 Å². The first kappa shape index (κ1) is 11.1. The van der Waals surface area contributed by atoms with Crippen molar-refractivity contribution in [3.63, 3.8) is 0 Å². The Balaban J connectivity index is 2.67. The molecule has 0 bridgehead atoms. The normalized spacial score (nSPS) is 10.9. The highest BCUT2D eigenvalue weighted by Crippen LogP contribution is 2.28. The molecular formula is C13H11NO3. The van der Waals surface area contributed by atoms with Gasteiger partial charge in [0, 0.05) is 29.4 Å². The second kappa shape index (κ2) is 4.65. The number of benzene rings is 1. The zero-order valence-corrected chi connectivity index (χ0v) is 9.25. The SMILES string of the molecule is COc1ccc2cnccc2c1/C=C/C(=O)O. The number of methoxy groups -OCH3 is 1. The maximum Gasteiger partial charge on any atom is 0.328 e. The first-order valence-corrected chi connectivity index (χ1v) is 5.04. The van der Waals surface area contributed by atoms with E-state index >= 15 is 0 Å². The van der Waals surface area contributed by atoms with Crippen LogP contribution in [-0.4, -0.2) is 23.2 Å². The molecule has 4 heteroatoms. The lowest BCUT2D eigenvalue weighted by Crippen LogP contribution is -1.91. The third-order valence-electron chi connectivity index (χ3n) is 2.43. The summed E-state index contributed by atoms with van der Waals surface area (Å²) in [5, 5.41) is 10.5. The Morgan fingerprint density at radius 3 is 2.94 bits per heavy atom. The van der Waals surface area contributed by atoms with Crippen LogP contribution in [0.3, 0.4) is 0 Å². The largest absolute Gasteiger partial charge is 0.496 e. The number of aliphatic carboxylic acids is 1. The summed E-state index contributed by atoms with van der Waals surface area (Å²) in [6, 6.07) is 5.52. The minimum atomic E-state index is -0.988. The van der Waals surface area contributed by atoms with Crippen molar-refractivity contribution in [3.8, 4) is 5.75 Å². The van der Waals surface area contributed by atoms with Crippen LogP contribution in [0.5, 0.6) is 5.75 Å². The Bertz CT molecular complexity index is 590. The Morgan fingerprint density at radius 2 is 2.24 bits per heavy atom. The predicted molar refractivity (Wildman–Crippen MR) is 65.0 cm³/mol. The second-order valence-corrected chi connectivity index (χ2v) is 3.45. The second-order valence-electron chi connectivity index (χ2n) is 3.45. The number of nitrogens with zero attached hydrogens (tertiary/aromatic N) is 1. The van der Waals surface area contributed by atoms with Crippen LogP contribution in [0.2, 0.25) is 0 Å². The van der Waals surface area contributed by atoms with Crippen molar-refractivity contribution in [2.24, 2.45) is 0 Å². The highest BCUT2D eigenvalue weighted by Gasteiger charge is 2.05. The summed E-state index contributed by atoms with van der Waals surface area (Å²) in [7, 11) is 1.56. The smallest absolute Gasteiger partial charge is 0.328 e.